The van der Waals surface area contributed by atoms with Crippen LogP contribution >= 0.6 is 0 Å². The van der Waals surface area contributed by atoms with Crippen molar-refractivity contribution >= 4 is 0 Å². The van der Waals surface area contributed by atoms with E-state index in [0.717, 1.165) is 0 Å². The molecule has 0 amide bonds. The summed E-state index contributed by atoms with van der Waals surface area (Å²) in [4.78, 5) is 0. The Labute approximate surface area is 74.7 Å². The van der Waals surface area contributed by atoms with Crippen LogP contribution in [0.15, 0.2) is 18.2 Å². The highest BCUT2D eigenvalue weighted by Crippen LogP contribution is 2.31. The maximum Gasteiger partial charge on any atom is 0.187 e. The molecule has 1 fully saturated rings. The van der Waals surface area contributed by atoms with Gasteiger partial charge in [0.1, 0.15) is 0 Å². The predicted molar refractivity (Wildman–Crippen MR) is 42.7 cm³/mol. The van der Waals surface area contributed by atoms with Gasteiger partial charge in [-0.05, 0) is 6.07 Å². The lowest BCUT2D eigenvalue weighted by molar-refractivity contribution is -0.0457. The van der Waals surface area contributed by atoms with E-state index in [1.807, 2.05) is 0 Å². The van der Waals surface area contributed by atoms with Crippen LogP contribution in [0.5, 0.6) is 5.75 Å². The number of phenols is 1. The van der Waals surface area contributed by atoms with Crippen LogP contribution in [0.4, 0.5) is 4.39 Å². The largest absolute Gasteiger partial charge is 0.504 e. The minimum atomic E-state index is -0.656. The van der Waals surface area contributed by atoms with Crippen molar-refractivity contribution in [1.82, 2.24) is 0 Å². The lowest BCUT2D eigenvalue weighted by Crippen LogP contribution is -1.99. The molecule has 1 aromatic carbocycles. The standard InChI is InChI=1S/C9H9FO3/c10-7-3-1-2-6(8(7)11)9-12-4-5-13-9/h1-3,9,11H,4-5H2. The van der Waals surface area contributed by atoms with Crippen molar-refractivity contribution in [1.29, 1.82) is 0 Å². The molecule has 1 aliphatic rings. The van der Waals surface area contributed by atoms with Crippen molar-refractivity contribution in [3.05, 3.63) is 29.6 Å². The van der Waals surface area contributed by atoms with Crippen LogP contribution in [0.2, 0.25) is 0 Å². The number of rotatable bonds is 1. The Kier molecular flexibility index (Phi) is 2.16. The van der Waals surface area contributed by atoms with Crippen LogP contribution in [0.3, 0.4) is 0 Å². The zero-order valence-electron chi connectivity index (χ0n) is 6.87. The van der Waals surface area contributed by atoms with Crippen molar-refractivity contribution < 1.29 is 19.0 Å². The maximum absolute atomic E-state index is 12.9. The molecule has 1 N–H and O–H groups in total. The third-order valence-corrected chi connectivity index (χ3v) is 1.89. The summed E-state index contributed by atoms with van der Waals surface area (Å²) in [6.07, 6.45) is -0.629. The first kappa shape index (κ1) is 8.47. The molecular formula is C9H9FO3. The summed E-state index contributed by atoms with van der Waals surface area (Å²) in [5.41, 5.74) is 0.345. The Hall–Kier alpha value is -1.13. The zero-order chi connectivity index (χ0) is 9.26. The van der Waals surface area contributed by atoms with Gasteiger partial charge in [-0.15, -0.1) is 0 Å². The molecule has 0 spiro atoms. The van der Waals surface area contributed by atoms with Gasteiger partial charge >= 0.3 is 0 Å². The van der Waals surface area contributed by atoms with Crippen molar-refractivity contribution in [2.75, 3.05) is 13.2 Å². The minimum Gasteiger partial charge on any atom is -0.504 e. The van der Waals surface area contributed by atoms with E-state index in [-0.39, 0.29) is 0 Å². The molecule has 0 saturated carbocycles. The third kappa shape index (κ3) is 1.50. The molecule has 2 rings (SSSR count). The number of benzene rings is 1. The molecule has 1 aromatic rings. The first-order chi connectivity index (χ1) is 6.29. The second-order valence-corrected chi connectivity index (χ2v) is 2.75. The number of para-hydroxylation sites is 1. The van der Waals surface area contributed by atoms with Crippen LogP contribution < -0.4 is 0 Å². The molecule has 1 saturated heterocycles. The van der Waals surface area contributed by atoms with Crippen molar-refractivity contribution in [2.45, 2.75) is 6.29 Å². The summed E-state index contributed by atoms with van der Waals surface area (Å²) in [5.74, 6) is -1.05. The zero-order valence-corrected chi connectivity index (χ0v) is 6.87. The summed E-state index contributed by atoms with van der Waals surface area (Å²) in [5, 5.41) is 9.32. The van der Waals surface area contributed by atoms with Gasteiger partial charge in [-0.2, -0.15) is 0 Å². The van der Waals surface area contributed by atoms with Gasteiger partial charge in [0.05, 0.1) is 18.8 Å². The van der Waals surface area contributed by atoms with Crippen LogP contribution in [0, 0.1) is 5.82 Å². The Morgan fingerprint density at radius 3 is 2.69 bits per heavy atom. The van der Waals surface area contributed by atoms with Gasteiger partial charge in [-0.1, -0.05) is 12.1 Å². The first-order valence-corrected chi connectivity index (χ1v) is 3.99. The van der Waals surface area contributed by atoms with Crippen LogP contribution in [-0.4, -0.2) is 18.3 Å². The molecule has 1 heterocycles. The number of halogens is 1. The Bertz CT molecular complexity index is 308. The average molecular weight is 184 g/mol. The molecule has 3 nitrogen and oxygen atoms in total. The van der Waals surface area contributed by atoms with Gasteiger partial charge in [0.15, 0.2) is 17.9 Å². The number of ether oxygens (including phenoxy) is 2. The smallest absolute Gasteiger partial charge is 0.187 e. The fraction of sp³-hybridized carbons (Fsp3) is 0.333. The van der Waals surface area contributed by atoms with E-state index in [1.165, 1.54) is 12.1 Å². The van der Waals surface area contributed by atoms with Gasteiger partial charge < -0.3 is 14.6 Å². The fourth-order valence-corrected chi connectivity index (χ4v) is 1.26. The van der Waals surface area contributed by atoms with E-state index in [2.05, 4.69) is 0 Å². The summed E-state index contributed by atoms with van der Waals surface area (Å²) < 4.78 is 23.1. The molecule has 4 heteroatoms. The van der Waals surface area contributed by atoms with E-state index in [1.54, 1.807) is 6.07 Å². The molecule has 0 atom stereocenters. The van der Waals surface area contributed by atoms with Gasteiger partial charge in [0, 0.05) is 0 Å². The Morgan fingerprint density at radius 1 is 1.31 bits per heavy atom. The van der Waals surface area contributed by atoms with E-state index < -0.39 is 17.9 Å². The Balaban J connectivity index is 2.33. The van der Waals surface area contributed by atoms with E-state index in [4.69, 9.17) is 9.47 Å². The average Bonchev–Trinajstić information content (AvgIpc) is 2.62. The predicted octanol–water partition coefficient (Wildman–Crippen LogP) is 1.58. The summed E-state index contributed by atoms with van der Waals surface area (Å²) in [6.45, 7) is 0.946. The van der Waals surface area contributed by atoms with Crippen LogP contribution in [0.1, 0.15) is 11.9 Å². The number of phenolic OH excluding ortho intramolecular Hbond substituents is 1. The molecule has 0 radical (unpaired) electrons. The summed E-state index contributed by atoms with van der Waals surface area (Å²) in [6, 6.07) is 4.28. The molecule has 0 unspecified atom stereocenters. The van der Waals surface area contributed by atoms with Gasteiger partial charge in [0.2, 0.25) is 0 Å². The highest BCUT2D eigenvalue weighted by atomic mass is 19.1. The van der Waals surface area contributed by atoms with Crippen LogP contribution in [0.25, 0.3) is 0 Å². The van der Waals surface area contributed by atoms with Gasteiger partial charge in [0.25, 0.3) is 0 Å². The molecule has 0 aromatic heterocycles. The molecule has 1 aliphatic heterocycles. The summed E-state index contributed by atoms with van der Waals surface area (Å²) >= 11 is 0. The van der Waals surface area contributed by atoms with Gasteiger partial charge in [-0.3, -0.25) is 0 Å². The molecule has 13 heavy (non-hydrogen) atoms. The topological polar surface area (TPSA) is 38.7 Å². The lowest BCUT2D eigenvalue weighted by atomic mass is 10.2. The number of aromatic hydroxyl groups is 1. The quantitative estimate of drug-likeness (QED) is 0.720. The van der Waals surface area contributed by atoms with E-state index >= 15 is 0 Å². The highest BCUT2D eigenvalue weighted by molar-refractivity contribution is 5.34. The molecule has 70 valence electrons. The second-order valence-electron chi connectivity index (χ2n) is 2.75. The van der Waals surface area contributed by atoms with E-state index in [9.17, 15) is 9.50 Å². The van der Waals surface area contributed by atoms with Crippen LogP contribution in [-0.2, 0) is 9.47 Å². The first-order valence-electron chi connectivity index (χ1n) is 3.99. The van der Waals surface area contributed by atoms with Crippen molar-refractivity contribution in [3.63, 3.8) is 0 Å². The number of hydrogen-bond acceptors (Lipinski definition) is 3. The highest BCUT2D eigenvalue weighted by Gasteiger charge is 2.22. The third-order valence-electron chi connectivity index (χ3n) is 1.89. The SMILES string of the molecule is Oc1c(F)cccc1C1OCCO1. The molecular weight excluding hydrogens is 175 g/mol. The monoisotopic (exact) mass is 184 g/mol. The molecule has 0 aliphatic carbocycles. The number of hydrogen-bond donors (Lipinski definition) is 1. The van der Waals surface area contributed by atoms with Gasteiger partial charge in [-0.25, -0.2) is 4.39 Å². The second kappa shape index (κ2) is 3.32. The summed E-state index contributed by atoms with van der Waals surface area (Å²) in [7, 11) is 0. The minimum absolute atomic E-state index is 0.345. The Morgan fingerprint density at radius 2 is 2.00 bits per heavy atom. The van der Waals surface area contributed by atoms with E-state index in [0.29, 0.717) is 18.8 Å². The fourth-order valence-electron chi connectivity index (χ4n) is 1.26. The maximum atomic E-state index is 12.9. The normalized spacial score (nSPS) is 17.9. The lowest BCUT2D eigenvalue weighted by Gasteiger charge is -2.10. The van der Waals surface area contributed by atoms with Crippen molar-refractivity contribution in [3.8, 4) is 5.75 Å². The van der Waals surface area contributed by atoms with Crippen molar-refractivity contribution in [2.24, 2.45) is 0 Å². The molecule has 0 bridgehead atoms.